The summed E-state index contributed by atoms with van der Waals surface area (Å²) in [5.74, 6) is -0.216. The van der Waals surface area contributed by atoms with Crippen LogP contribution in [-0.2, 0) is 10.3 Å². The molecule has 15 heavy (non-hydrogen) atoms. The lowest BCUT2D eigenvalue weighted by molar-refractivity contribution is -0.111. The number of carbonyl (C=O) groups is 1. The third-order valence-corrected chi connectivity index (χ3v) is 2.09. The number of nitrogens with zero attached hydrogens (tertiary/aromatic N) is 2. The van der Waals surface area contributed by atoms with Crippen LogP contribution >= 0.6 is 0 Å². The molecule has 1 aromatic rings. The molecule has 4 heteroatoms. The number of rotatable bonds is 2. The molecule has 0 aliphatic heterocycles. The van der Waals surface area contributed by atoms with Gasteiger partial charge in [-0.15, -0.1) is 0 Å². The van der Waals surface area contributed by atoms with Crippen LogP contribution in [0.3, 0.4) is 0 Å². The van der Waals surface area contributed by atoms with E-state index in [-0.39, 0.29) is 11.4 Å². The van der Waals surface area contributed by atoms with Crippen LogP contribution in [0.4, 0.5) is 5.69 Å². The molecular formula is C11H17N3O. The maximum atomic E-state index is 11.1. The lowest BCUT2D eigenvalue weighted by Gasteiger charge is -2.21. The fourth-order valence-corrected chi connectivity index (χ4v) is 1.39. The summed E-state index contributed by atoms with van der Waals surface area (Å²) in [6.07, 6.45) is 2.90. The number of aromatic nitrogens is 2. The zero-order valence-corrected chi connectivity index (χ0v) is 9.66. The van der Waals surface area contributed by atoms with Crippen LogP contribution in [-0.4, -0.2) is 15.7 Å². The minimum Gasteiger partial charge on any atom is -0.320 e. The Bertz CT molecular complexity index is 385. The summed E-state index contributed by atoms with van der Waals surface area (Å²) in [6, 6.07) is 0. The highest BCUT2D eigenvalue weighted by atomic mass is 16.1. The first-order valence-electron chi connectivity index (χ1n) is 4.85. The summed E-state index contributed by atoms with van der Waals surface area (Å²) in [4.78, 5) is 11.1. The first kappa shape index (κ1) is 11.5. The van der Waals surface area contributed by atoms with Crippen molar-refractivity contribution in [3.8, 4) is 0 Å². The zero-order chi connectivity index (χ0) is 11.6. The van der Waals surface area contributed by atoms with Gasteiger partial charge >= 0.3 is 0 Å². The maximum Gasteiger partial charge on any atom is 0.247 e. The minimum absolute atomic E-state index is 0.0821. The average molecular weight is 207 g/mol. The van der Waals surface area contributed by atoms with E-state index in [1.807, 2.05) is 11.6 Å². The van der Waals surface area contributed by atoms with E-state index in [9.17, 15) is 4.79 Å². The summed E-state index contributed by atoms with van der Waals surface area (Å²) in [5.41, 5.74) is 1.59. The lowest BCUT2D eigenvalue weighted by Crippen LogP contribution is -2.24. The molecule has 0 atom stereocenters. The summed E-state index contributed by atoms with van der Waals surface area (Å²) in [6.45, 7) is 11.5. The highest BCUT2D eigenvalue weighted by molar-refractivity contribution is 5.99. The van der Waals surface area contributed by atoms with Gasteiger partial charge in [-0.25, -0.2) is 0 Å². The monoisotopic (exact) mass is 207 g/mol. The molecule has 0 aliphatic rings. The van der Waals surface area contributed by atoms with Gasteiger partial charge in [0.25, 0.3) is 0 Å². The molecule has 1 heterocycles. The number of amides is 1. The van der Waals surface area contributed by atoms with E-state index in [2.05, 4.69) is 37.8 Å². The molecule has 1 rings (SSSR count). The molecule has 1 amide bonds. The van der Waals surface area contributed by atoms with Crippen molar-refractivity contribution in [2.45, 2.75) is 33.2 Å². The Balaban J connectivity index is 2.99. The van der Waals surface area contributed by atoms with Crippen LogP contribution < -0.4 is 5.32 Å². The largest absolute Gasteiger partial charge is 0.320 e. The van der Waals surface area contributed by atoms with Crippen LogP contribution in [0.15, 0.2) is 18.9 Å². The molecule has 0 aromatic carbocycles. The second-order valence-electron chi connectivity index (χ2n) is 4.42. The first-order chi connectivity index (χ1) is 6.86. The quantitative estimate of drug-likeness (QED) is 0.755. The Hall–Kier alpha value is -1.58. The molecule has 0 radical (unpaired) electrons. The van der Waals surface area contributed by atoms with E-state index >= 15 is 0 Å². The maximum absolute atomic E-state index is 11.1. The van der Waals surface area contributed by atoms with Gasteiger partial charge in [-0.05, 0) is 33.8 Å². The molecule has 82 valence electrons. The van der Waals surface area contributed by atoms with Crippen LogP contribution in [0.1, 0.15) is 26.5 Å². The normalized spacial score (nSPS) is 11.2. The highest BCUT2D eigenvalue weighted by Gasteiger charge is 2.18. The van der Waals surface area contributed by atoms with E-state index in [0.29, 0.717) is 0 Å². The standard InChI is InChI=1S/C11H17N3O/c1-6-10(15)13-9-7-12-14(8(9)2)11(3,4)5/h6-7H,1H2,2-5H3,(H,13,15). The Morgan fingerprint density at radius 2 is 2.20 bits per heavy atom. The molecule has 0 saturated carbocycles. The SMILES string of the molecule is C=CC(=O)Nc1cnn(C(C)(C)C)c1C. The minimum atomic E-state index is -0.216. The van der Waals surface area contributed by atoms with Gasteiger partial charge in [0.1, 0.15) is 0 Å². The van der Waals surface area contributed by atoms with Crippen molar-refractivity contribution < 1.29 is 4.79 Å². The van der Waals surface area contributed by atoms with Gasteiger partial charge < -0.3 is 5.32 Å². The molecule has 0 unspecified atom stereocenters. The Morgan fingerprint density at radius 1 is 1.60 bits per heavy atom. The van der Waals surface area contributed by atoms with Crippen molar-refractivity contribution in [1.29, 1.82) is 0 Å². The second-order valence-corrected chi connectivity index (χ2v) is 4.42. The van der Waals surface area contributed by atoms with Crippen LogP contribution in [0.2, 0.25) is 0 Å². The molecule has 0 fully saturated rings. The fraction of sp³-hybridized carbons (Fsp3) is 0.455. The second kappa shape index (κ2) is 3.88. The van der Waals surface area contributed by atoms with Crippen molar-refractivity contribution >= 4 is 11.6 Å². The summed E-state index contributed by atoms with van der Waals surface area (Å²) >= 11 is 0. The van der Waals surface area contributed by atoms with Crippen molar-refractivity contribution in [3.05, 3.63) is 24.5 Å². The molecule has 1 aromatic heterocycles. The molecule has 0 saturated heterocycles. The van der Waals surface area contributed by atoms with Crippen molar-refractivity contribution in [1.82, 2.24) is 9.78 Å². The summed E-state index contributed by atoms with van der Waals surface area (Å²) in [7, 11) is 0. The van der Waals surface area contributed by atoms with E-state index in [0.717, 1.165) is 11.4 Å². The summed E-state index contributed by atoms with van der Waals surface area (Å²) in [5, 5.41) is 6.95. The number of nitrogens with one attached hydrogen (secondary N) is 1. The number of carbonyl (C=O) groups excluding carboxylic acids is 1. The Kier molecular flexibility index (Phi) is 2.98. The van der Waals surface area contributed by atoms with Crippen molar-refractivity contribution in [2.75, 3.05) is 5.32 Å². The van der Waals surface area contributed by atoms with E-state index in [1.54, 1.807) is 6.20 Å². The fourth-order valence-electron chi connectivity index (χ4n) is 1.39. The smallest absolute Gasteiger partial charge is 0.247 e. The number of hydrogen-bond donors (Lipinski definition) is 1. The van der Waals surface area contributed by atoms with Gasteiger partial charge in [0.15, 0.2) is 0 Å². The van der Waals surface area contributed by atoms with Crippen LogP contribution in [0, 0.1) is 6.92 Å². The van der Waals surface area contributed by atoms with Gasteiger partial charge in [0, 0.05) is 0 Å². The average Bonchev–Trinajstić information content (AvgIpc) is 2.47. The van der Waals surface area contributed by atoms with E-state index < -0.39 is 0 Å². The first-order valence-corrected chi connectivity index (χ1v) is 4.85. The van der Waals surface area contributed by atoms with Gasteiger partial charge in [-0.1, -0.05) is 6.58 Å². The molecule has 0 spiro atoms. The number of hydrogen-bond acceptors (Lipinski definition) is 2. The predicted molar refractivity (Wildman–Crippen MR) is 60.8 cm³/mol. The van der Waals surface area contributed by atoms with E-state index in [1.165, 1.54) is 6.08 Å². The van der Waals surface area contributed by atoms with Crippen LogP contribution in [0.25, 0.3) is 0 Å². The third kappa shape index (κ3) is 2.46. The molecule has 0 aliphatic carbocycles. The molecule has 4 nitrogen and oxygen atoms in total. The zero-order valence-electron chi connectivity index (χ0n) is 9.66. The van der Waals surface area contributed by atoms with Gasteiger partial charge in [0.05, 0.1) is 23.1 Å². The molecule has 1 N–H and O–H groups in total. The van der Waals surface area contributed by atoms with Gasteiger partial charge in [-0.2, -0.15) is 5.10 Å². The van der Waals surface area contributed by atoms with Crippen LogP contribution in [0.5, 0.6) is 0 Å². The highest BCUT2D eigenvalue weighted by Crippen LogP contribution is 2.21. The van der Waals surface area contributed by atoms with Gasteiger partial charge in [0.2, 0.25) is 5.91 Å². The number of anilines is 1. The van der Waals surface area contributed by atoms with Gasteiger partial charge in [-0.3, -0.25) is 9.48 Å². The summed E-state index contributed by atoms with van der Waals surface area (Å²) < 4.78 is 1.88. The molecule has 0 bridgehead atoms. The molecular weight excluding hydrogens is 190 g/mol. The van der Waals surface area contributed by atoms with E-state index in [4.69, 9.17) is 0 Å². The third-order valence-electron chi connectivity index (χ3n) is 2.09. The topological polar surface area (TPSA) is 46.9 Å². The lowest BCUT2D eigenvalue weighted by atomic mass is 10.1. The van der Waals surface area contributed by atoms with Crippen molar-refractivity contribution in [3.63, 3.8) is 0 Å². The Morgan fingerprint density at radius 3 is 2.60 bits per heavy atom. The van der Waals surface area contributed by atoms with Crippen molar-refractivity contribution in [2.24, 2.45) is 0 Å². The Labute approximate surface area is 90.0 Å². The predicted octanol–water partition coefficient (Wildman–Crippen LogP) is 2.07.